The lowest BCUT2D eigenvalue weighted by molar-refractivity contribution is -0.131. The molecule has 2 heterocycles. The van der Waals surface area contributed by atoms with Crippen LogP contribution in [0.1, 0.15) is 72.7 Å². The lowest BCUT2D eigenvalue weighted by Gasteiger charge is -2.46. The fraction of sp³-hybridized carbons (Fsp3) is 0.312. The molecule has 7 heteroatoms. The molecule has 2 fully saturated rings. The minimum Gasteiger partial charge on any atom is -0.443 e. The highest BCUT2D eigenvalue weighted by Crippen LogP contribution is 2.57. The summed E-state index contributed by atoms with van der Waals surface area (Å²) in [6.07, 6.45) is 8.53. The maximum atomic E-state index is 14.5. The summed E-state index contributed by atoms with van der Waals surface area (Å²) in [6, 6.07) is 18.1. The fourth-order valence-electron chi connectivity index (χ4n) is 6.48. The van der Waals surface area contributed by atoms with Crippen LogP contribution in [0.5, 0.6) is 0 Å². The van der Waals surface area contributed by atoms with Crippen molar-refractivity contribution < 1.29 is 18.7 Å². The average molecular weight is 543 g/mol. The van der Waals surface area contributed by atoms with Gasteiger partial charge in [0.25, 0.3) is 0 Å². The number of anilines is 1. The molecule has 3 aliphatic rings. The summed E-state index contributed by atoms with van der Waals surface area (Å²) in [5, 5.41) is 6.60. The van der Waals surface area contributed by atoms with Gasteiger partial charge in [0.15, 0.2) is 0 Å². The van der Waals surface area contributed by atoms with Crippen LogP contribution in [-0.4, -0.2) is 17.9 Å². The van der Waals surface area contributed by atoms with Crippen LogP contribution in [0.25, 0.3) is 0 Å². The molecular formula is C32H28ClFN2O3. The second-order valence-electron chi connectivity index (χ2n) is 10.5. The zero-order chi connectivity index (χ0) is 27.0. The topological polar surface area (TPSA) is 67.4 Å². The van der Waals surface area contributed by atoms with Crippen LogP contribution in [0.3, 0.4) is 0 Å². The minimum absolute atomic E-state index is 0.0219. The van der Waals surface area contributed by atoms with Crippen molar-refractivity contribution in [2.45, 2.75) is 62.0 Å². The van der Waals surface area contributed by atoms with Gasteiger partial charge in [-0.25, -0.2) is 4.39 Å². The lowest BCUT2D eigenvalue weighted by Crippen LogP contribution is -2.57. The Hall–Kier alpha value is -3.82. The quantitative estimate of drug-likeness (QED) is 0.378. The van der Waals surface area contributed by atoms with E-state index in [1.54, 1.807) is 24.3 Å². The molecule has 2 amide bonds. The van der Waals surface area contributed by atoms with Crippen molar-refractivity contribution in [1.82, 2.24) is 5.32 Å². The Kier molecular flexibility index (Phi) is 6.78. The summed E-state index contributed by atoms with van der Waals surface area (Å²) in [5.41, 5.74) is 1.97. The number of hydrogen-bond acceptors (Lipinski definition) is 3. The van der Waals surface area contributed by atoms with Crippen LogP contribution < -0.4 is 10.6 Å². The van der Waals surface area contributed by atoms with E-state index in [0.717, 1.165) is 25.7 Å². The predicted molar refractivity (Wildman–Crippen MR) is 148 cm³/mol. The predicted octanol–water partition coefficient (Wildman–Crippen LogP) is 6.37. The zero-order valence-corrected chi connectivity index (χ0v) is 22.1. The van der Waals surface area contributed by atoms with Gasteiger partial charge in [-0.2, -0.15) is 0 Å². The molecule has 0 bridgehead atoms. The van der Waals surface area contributed by atoms with Gasteiger partial charge in [-0.3, -0.25) is 9.59 Å². The zero-order valence-electron chi connectivity index (χ0n) is 21.3. The first-order valence-corrected chi connectivity index (χ1v) is 13.8. The first kappa shape index (κ1) is 25.5. The van der Waals surface area contributed by atoms with Crippen molar-refractivity contribution in [2.24, 2.45) is 0 Å². The number of carbonyl (C=O) groups is 2. The number of rotatable bonds is 3. The van der Waals surface area contributed by atoms with Crippen LogP contribution in [0.2, 0.25) is 5.02 Å². The van der Waals surface area contributed by atoms with Gasteiger partial charge in [-0.05, 0) is 78.6 Å². The highest BCUT2D eigenvalue weighted by Gasteiger charge is 2.61. The van der Waals surface area contributed by atoms with Gasteiger partial charge < -0.3 is 15.4 Å². The van der Waals surface area contributed by atoms with E-state index in [9.17, 15) is 14.0 Å². The number of amides is 2. The third-order valence-electron chi connectivity index (χ3n) is 8.24. The molecule has 2 N–H and O–H groups in total. The second-order valence-corrected chi connectivity index (χ2v) is 11.0. The monoisotopic (exact) mass is 542 g/mol. The molecule has 39 heavy (non-hydrogen) atoms. The maximum Gasteiger partial charge on any atom is 0.238 e. The molecule has 0 radical (unpaired) electrons. The van der Waals surface area contributed by atoms with Gasteiger partial charge in [-0.15, -0.1) is 0 Å². The van der Waals surface area contributed by atoms with E-state index in [-0.39, 0.29) is 24.3 Å². The summed E-state index contributed by atoms with van der Waals surface area (Å²) in [6.45, 7) is 0. The highest BCUT2D eigenvalue weighted by atomic mass is 35.5. The number of ether oxygens (including phenoxy) is 1. The number of piperidine rings is 1. The van der Waals surface area contributed by atoms with Crippen molar-refractivity contribution in [3.8, 4) is 12.0 Å². The summed E-state index contributed by atoms with van der Waals surface area (Å²) < 4.78 is 20.3. The summed E-state index contributed by atoms with van der Waals surface area (Å²) in [7, 11) is 0. The first-order valence-electron chi connectivity index (χ1n) is 13.4. The van der Waals surface area contributed by atoms with E-state index in [0.29, 0.717) is 33.0 Å². The van der Waals surface area contributed by atoms with Gasteiger partial charge in [0.05, 0.1) is 6.04 Å². The first-order chi connectivity index (χ1) is 19.0. The largest absolute Gasteiger partial charge is 0.443 e. The summed E-state index contributed by atoms with van der Waals surface area (Å²) >= 11 is 6.29. The van der Waals surface area contributed by atoms with Gasteiger partial charge >= 0.3 is 0 Å². The maximum absolute atomic E-state index is 14.5. The molecule has 0 unspecified atom stereocenters. The Morgan fingerprint density at radius 2 is 1.79 bits per heavy atom. The molecular weight excluding hydrogens is 515 g/mol. The third kappa shape index (κ3) is 4.55. The molecule has 1 aliphatic carbocycles. The molecule has 0 aromatic heterocycles. The Labute approximate surface area is 232 Å². The third-order valence-corrected chi connectivity index (χ3v) is 8.47. The SMILES string of the molecule is O=C1C[C@@H](c2cccc(F)c2)[C@]2(C(=O)Nc3cc(Cl)ccc32)[C@@H](c2ccccc2C#COC2CCCCC2)N1. The molecule has 3 aromatic carbocycles. The van der Waals surface area contributed by atoms with Crippen LogP contribution in [0, 0.1) is 17.8 Å². The summed E-state index contributed by atoms with van der Waals surface area (Å²) in [4.78, 5) is 27.4. The fourth-order valence-corrected chi connectivity index (χ4v) is 6.66. The lowest BCUT2D eigenvalue weighted by atomic mass is 9.59. The molecule has 1 saturated carbocycles. The van der Waals surface area contributed by atoms with E-state index in [4.69, 9.17) is 16.3 Å². The van der Waals surface area contributed by atoms with Crippen LogP contribution in [-0.2, 0) is 19.7 Å². The Morgan fingerprint density at radius 3 is 2.62 bits per heavy atom. The Balaban J connectivity index is 1.51. The van der Waals surface area contributed by atoms with E-state index in [1.165, 1.54) is 18.6 Å². The van der Waals surface area contributed by atoms with Crippen molar-refractivity contribution in [1.29, 1.82) is 0 Å². The van der Waals surface area contributed by atoms with E-state index in [1.807, 2.05) is 30.3 Å². The molecule has 1 saturated heterocycles. The molecule has 2 aliphatic heterocycles. The number of benzene rings is 3. The molecule has 3 atom stereocenters. The molecule has 1 spiro atoms. The van der Waals surface area contributed by atoms with Gasteiger partial charge in [0.2, 0.25) is 11.8 Å². The summed E-state index contributed by atoms with van der Waals surface area (Å²) in [5.74, 6) is 1.60. The molecule has 5 nitrogen and oxygen atoms in total. The number of nitrogens with one attached hydrogen (secondary N) is 2. The van der Waals surface area contributed by atoms with Crippen molar-refractivity contribution in [3.63, 3.8) is 0 Å². The minimum atomic E-state index is -1.26. The van der Waals surface area contributed by atoms with Crippen LogP contribution in [0.15, 0.2) is 66.7 Å². The Morgan fingerprint density at radius 1 is 0.974 bits per heavy atom. The van der Waals surface area contributed by atoms with Crippen molar-refractivity contribution in [2.75, 3.05) is 5.32 Å². The highest BCUT2D eigenvalue weighted by molar-refractivity contribution is 6.31. The van der Waals surface area contributed by atoms with Crippen LogP contribution >= 0.6 is 11.6 Å². The number of carbonyl (C=O) groups excluding carboxylic acids is 2. The van der Waals surface area contributed by atoms with Crippen molar-refractivity contribution >= 4 is 29.1 Å². The Bertz CT molecular complexity index is 1510. The van der Waals surface area contributed by atoms with E-state index >= 15 is 0 Å². The number of halogens is 2. The van der Waals surface area contributed by atoms with E-state index < -0.39 is 23.2 Å². The van der Waals surface area contributed by atoms with E-state index in [2.05, 4.69) is 22.7 Å². The van der Waals surface area contributed by atoms with Crippen molar-refractivity contribution in [3.05, 3.63) is 99.8 Å². The average Bonchev–Trinajstić information content (AvgIpc) is 3.21. The molecule has 6 rings (SSSR count). The van der Waals surface area contributed by atoms with Crippen LogP contribution in [0.4, 0.5) is 10.1 Å². The van der Waals surface area contributed by atoms with Gasteiger partial charge in [0.1, 0.15) is 23.4 Å². The number of hydrogen-bond donors (Lipinski definition) is 2. The standard InChI is InChI=1S/C32H28ClFN2O3/c33-22-13-14-26-28(18-22)35-31(38)32(26)27(21-8-6-9-23(34)17-21)19-29(37)36-30(32)25-12-5-4-7-20(25)15-16-39-24-10-2-1-3-11-24/h4-9,12-14,17-18,24,27,30H,1-3,10-11,19H2,(H,35,38)(H,36,37)/t27-,30+,32-/m0/s1. The smallest absolute Gasteiger partial charge is 0.238 e. The second kappa shape index (κ2) is 10.4. The number of fused-ring (bicyclic) bond motifs is 2. The molecule has 198 valence electrons. The molecule has 3 aromatic rings. The van der Waals surface area contributed by atoms with Gasteiger partial charge in [0, 0.05) is 28.6 Å². The normalized spacial score (nSPS) is 24.4. The van der Waals surface area contributed by atoms with Gasteiger partial charge in [-0.1, -0.05) is 54.4 Å².